The Bertz CT molecular complexity index is 1040. The summed E-state index contributed by atoms with van der Waals surface area (Å²) in [6, 6.07) is 11.4. The second-order valence-electron chi connectivity index (χ2n) is 6.53. The highest BCUT2D eigenvalue weighted by Crippen LogP contribution is 2.29. The minimum atomic E-state index is -0.470. The van der Waals surface area contributed by atoms with E-state index in [1.807, 2.05) is 36.4 Å². The number of hydrogen-bond acceptors (Lipinski definition) is 6. The average Bonchev–Trinajstić information content (AvgIpc) is 2.71. The molecule has 144 valence electrons. The number of pyridine rings is 1. The van der Waals surface area contributed by atoms with Crippen LogP contribution >= 0.6 is 27.7 Å². The van der Waals surface area contributed by atoms with Gasteiger partial charge in [-0.2, -0.15) is 0 Å². The van der Waals surface area contributed by atoms with Gasteiger partial charge in [0, 0.05) is 21.6 Å². The number of hydrazone groups is 1. The lowest BCUT2D eigenvalue weighted by molar-refractivity contribution is -0.116. The summed E-state index contributed by atoms with van der Waals surface area (Å²) in [6.07, 6.45) is 4.69. The highest BCUT2D eigenvalue weighted by molar-refractivity contribution is 9.10. The summed E-state index contributed by atoms with van der Waals surface area (Å²) in [5.41, 5.74) is 1.25. The summed E-state index contributed by atoms with van der Waals surface area (Å²) in [6.45, 7) is 2.17. The van der Waals surface area contributed by atoms with Crippen LogP contribution in [0.2, 0.25) is 0 Å². The molecule has 6 nitrogen and oxygen atoms in total. The number of halogens is 1. The van der Waals surface area contributed by atoms with Gasteiger partial charge in [-0.1, -0.05) is 53.5 Å². The molecule has 8 heteroatoms. The van der Waals surface area contributed by atoms with E-state index in [1.165, 1.54) is 6.42 Å². The first-order chi connectivity index (χ1) is 13.7. The molecule has 28 heavy (non-hydrogen) atoms. The first kappa shape index (κ1) is 19.1. The van der Waals surface area contributed by atoms with Gasteiger partial charge in [-0.05, 0) is 36.8 Å². The van der Waals surface area contributed by atoms with Crippen LogP contribution in [0.1, 0.15) is 38.0 Å². The Hall–Kier alpha value is -2.19. The number of fused-ring (bicyclic) bond motifs is 2. The van der Waals surface area contributed by atoms with E-state index in [4.69, 9.17) is 10.1 Å². The van der Waals surface area contributed by atoms with Gasteiger partial charge in [-0.15, -0.1) is 5.10 Å². The number of carbonyl (C=O) groups is 1. The molecule has 2 aliphatic heterocycles. The van der Waals surface area contributed by atoms with E-state index in [9.17, 15) is 4.79 Å². The van der Waals surface area contributed by atoms with Crippen LogP contribution in [0.15, 0.2) is 57.2 Å². The highest BCUT2D eigenvalue weighted by Gasteiger charge is 2.34. The van der Waals surface area contributed by atoms with Gasteiger partial charge < -0.3 is 0 Å². The largest absolute Gasteiger partial charge is 0.298 e. The van der Waals surface area contributed by atoms with E-state index in [0.717, 1.165) is 39.3 Å². The van der Waals surface area contributed by atoms with Gasteiger partial charge in [-0.3, -0.25) is 20.1 Å². The zero-order valence-corrected chi connectivity index (χ0v) is 17.8. The summed E-state index contributed by atoms with van der Waals surface area (Å²) >= 11 is 5.06. The maximum Gasteiger partial charge on any atom is 0.276 e. The van der Waals surface area contributed by atoms with Gasteiger partial charge in [0.25, 0.3) is 5.91 Å². The molecule has 2 aliphatic rings. The second kappa shape index (κ2) is 8.45. The number of aromatic nitrogens is 1. The lowest BCUT2D eigenvalue weighted by Gasteiger charge is -2.33. The first-order valence-corrected chi connectivity index (χ1v) is 11.1. The van der Waals surface area contributed by atoms with Crippen LogP contribution in [0.25, 0.3) is 5.70 Å². The van der Waals surface area contributed by atoms with Crippen molar-refractivity contribution in [2.24, 2.45) is 10.1 Å². The van der Waals surface area contributed by atoms with Crippen LogP contribution in [0.4, 0.5) is 0 Å². The number of unbranched alkanes of at least 4 members (excludes halogenated alkanes) is 2. The van der Waals surface area contributed by atoms with Crippen molar-refractivity contribution >= 4 is 44.5 Å². The normalized spacial score (nSPS) is 18.0. The van der Waals surface area contributed by atoms with Gasteiger partial charge in [0.05, 0.1) is 11.1 Å². The molecule has 0 aliphatic carbocycles. The van der Waals surface area contributed by atoms with E-state index >= 15 is 0 Å². The van der Waals surface area contributed by atoms with Crippen molar-refractivity contribution in [3.05, 3.63) is 63.3 Å². The van der Waals surface area contributed by atoms with Crippen LogP contribution < -0.4 is 15.9 Å². The fraction of sp³-hybridized carbons (Fsp3) is 0.300. The van der Waals surface area contributed by atoms with Crippen molar-refractivity contribution in [1.82, 2.24) is 15.3 Å². The topological polar surface area (TPSA) is 70.0 Å². The van der Waals surface area contributed by atoms with Crippen LogP contribution in [0, 0.1) is 0 Å². The van der Waals surface area contributed by atoms with Gasteiger partial charge >= 0.3 is 0 Å². The number of carbonyl (C=O) groups excluding carboxylic acids is 1. The summed E-state index contributed by atoms with van der Waals surface area (Å²) in [4.78, 5) is 22.3. The van der Waals surface area contributed by atoms with Gasteiger partial charge in [0.2, 0.25) is 0 Å². The highest BCUT2D eigenvalue weighted by atomic mass is 79.9. The molecule has 1 atom stereocenters. The third kappa shape index (κ3) is 3.84. The predicted molar refractivity (Wildman–Crippen MR) is 115 cm³/mol. The average molecular weight is 458 g/mol. The van der Waals surface area contributed by atoms with Gasteiger partial charge in [0.15, 0.2) is 11.3 Å². The maximum atomic E-state index is 13.0. The minimum Gasteiger partial charge on any atom is -0.298 e. The van der Waals surface area contributed by atoms with Crippen LogP contribution in [-0.4, -0.2) is 26.8 Å². The Morgan fingerprint density at radius 2 is 2.14 bits per heavy atom. The number of nitrogens with one attached hydrogen (secondary N) is 1. The van der Waals surface area contributed by atoms with Crippen LogP contribution in [-0.2, 0) is 4.79 Å². The van der Waals surface area contributed by atoms with Crippen molar-refractivity contribution in [3.8, 4) is 0 Å². The molecule has 3 heterocycles. The number of hydrogen-bond donors (Lipinski definition) is 1. The fourth-order valence-electron chi connectivity index (χ4n) is 3.16. The molecule has 0 saturated carbocycles. The molecule has 1 amide bonds. The van der Waals surface area contributed by atoms with Crippen LogP contribution in [0.5, 0.6) is 0 Å². The number of thioether (sulfide) groups is 1. The molecular formula is C20H20BrN5OS. The first-order valence-electron chi connectivity index (χ1n) is 9.28. The second-order valence-corrected chi connectivity index (χ2v) is 8.53. The zero-order chi connectivity index (χ0) is 19.5. The molecular weight excluding hydrogens is 438 g/mol. The van der Waals surface area contributed by atoms with E-state index in [1.54, 1.807) is 23.0 Å². The number of amidine groups is 1. The zero-order valence-electron chi connectivity index (χ0n) is 15.4. The molecule has 1 N–H and O–H groups in total. The summed E-state index contributed by atoms with van der Waals surface area (Å²) < 4.78 is 0.890. The van der Waals surface area contributed by atoms with E-state index < -0.39 is 6.17 Å². The Labute approximate surface area is 176 Å². The molecule has 0 bridgehead atoms. The van der Waals surface area contributed by atoms with Crippen LogP contribution in [0.3, 0.4) is 0 Å². The minimum absolute atomic E-state index is 0.164. The summed E-state index contributed by atoms with van der Waals surface area (Å²) in [5, 5.41) is 11.5. The Morgan fingerprint density at radius 1 is 1.25 bits per heavy atom. The van der Waals surface area contributed by atoms with Crippen molar-refractivity contribution in [2.45, 2.75) is 32.4 Å². The number of nitrogens with zero attached hydrogens (tertiary/aromatic N) is 4. The lowest BCUT2D eigenvalue weighted by atomic mass is 10.1. The lowest BCUT2D eigenvalue weighted by Crippen LogP contribution is -2.50. The molecule has 0 fully saturated rings. The number of amides is 1. The number of benzene rings is 1. The summed E-state index contributed by atoms with van der Waals surface area (Å²) in [7, 11) is 0. The fourth-order valence-corrected chi connectivity index (χ4v) is 4.37. The smallest absolute Gasteiger partial charge is 0.276 e. The standard InChI is InChI=1S/C20H20BrN5OS/c1-2-3-6-11-28-20-24-19(27)17-14-12-13(21)8-9-15(14)23-18(26(17)25-20)16-7-4-5-10-22-16/h4-5,7-10,12,18H,2-3,6,11H2,1H3,(H,24,25,27)/t18-/m1/s1. The van der Waals surface area contributed by atoms with Crippen molar-refractivity contribution in [3.63, 3.8) is 0 Å². The maximum absolute atomic E-state index is 13.0. The Morgan fingerprint density at radius 3 is 2.93 bits per heavy atom. The Balaban J connectivity index is 1.79. The quantitative estimate of drug-likeness (QED) is 0.700. The summed E-state index contributed by atoms with van der Waals surface area (Å²) in [5.74, 6) is 0.757. The third-order valence-electron chi connectivity index (χ3n) is 4.51. The predicted octanol–water partition coefficient (Wildman–Crippen LogP) is 2.91. The van der Waals surface area contributed by atoms with Crippen molar-refractivity contribution in [1.29, 1.82) is 0 Å². The van der Waals surface area contributed by atoms with Gasteiger partial charge in [-0.25, -0.2) is 5.01 Å². The molecule has 1 aromatic carbocycles. The van der Waals surface area contributed by atoms with E-state index in [0.29, 0.717) is 10.9 Å². The molecule has 4 rings (SSSR count). The molecule has 0 spiro atoms. The molecule has 0 saturated heterocycles. The van der Waals surface area contributed by atoms with E-state index in [-0.39, 0.29) is 5.91 Å². The molecule has 0 unspecified atom stereocenters. The molecule has 2 aromatic rings. The monoisotopic (exact) mass is 457 g/mol. The molecule has 1 aromatic heterocycles. The third-order valence-corrected chi connectivity index (χ3v) is 5.95. The SMILES string of the molecule is CCCCCSC1=NN2C(=c3cc(Br)ccc3=N[C@H]2c2ccccn2)C(=O)N1. The van der Waals surface area contributed by atoms with Crippen molar-refractivity contribution < 1.29 is 4.79 Å². The number of rotatable bonds is 5. The Kier molecular flexibility index (Phi) is 5.77. The van der Waals surface area contributed by atoms with Gasteiger partial charge in [0.1, 0.15) is 5.70 Å². The molecule has 0 radical (unpaired) electrons. The van der Waals surface area contributed by atoms with Crippen molar-refractivity contribution in [2.75, 3.05) is 5.75 Å². The van der Waals surface area contributed by atoms with E-state index in [2.05, 4.69) is 33.2 Å².